The summed E-state index contributed by atoms with van der Waals surface area (Å²) in [4.78, 5) is 8.18. The highest BCUT2D eigenvalue weighted by Gasteiger charge is 2.26. The van der Waals surface area contributed by atoms with Crippen LogP contribution >= 0.6 is 23.7 Å². The number of rotatable bonds is 4. The van der Waals surface area contributed by atoms with Gasteiger partial charge in [0.25, 0.3) is 0 Å². The third-order valence-corrected chi connectivity index (χ3v) is 4.91. The lowest BCUT2D eigenvalue weighted by atomic mass is 10.0. The highest BCUT2D eigenvalue weighted by atomic mass is 35.5. The first-order chi connectivity index (χ1) is 9.63. The van der Waals surface area contributed by atoms with E-state index in [4.69, 9.17) is 10.2 Å². The van der Waals surface area contributed by atoms with Crippen molar-refractivity contribution in [1.82, 2.24) is 9.88 Å². The molecule has 116 valence electrons. The predicted molar refractivity (Wildman–Crippen MR) is 88.8 cm³/mol. The number of aryl methyl sites for hydroxylation is 1. The summed E-state index contributed by atoms with van der Waals surface area (Å²) in [6.07, 6.45) is 1.19. The molecule has 3 heterocycles. The van der Waals surface area contributed by atoms with Gasteiger partial charge in [0.15, 0.2) is 0 Å². The fourth-order valence-electron chi connectivity index (χ4n) is 2.73. The maximum absolute atomic E-state index is 5.99. The van der Waals surface area contributed by atoms with Crippen LogP contribution in [0.5, 0.6) is 0 Å². The van der Waals surface area contributed by atoms with Crippen molar-refractivity contribution in [2.45, 2.75) is 32.9 Å². The van der Waals surface area contributed by atoms with E-state index in [-0.39, 0.29) is 18.4 Å². The molecule has 1 saturated heterocycles. The number of nitrogens with two attached hydrogens (primary N) is 1. The van der Waals surface area contributed by atoms with Gasteiger partial charge in [0.2, 0.25) is 5.89 Å². The van der Waals surface area contributed by atoms with Gasteiger partial charge in [-0.1, -0.05) is 6.07 Å². The minimum Gasteiger partial charge on any atom is -0.440 e. The van der Waals surface area contributed by atoms with Crippen molar-refractivity contribution >= 4 is 23.7 Å². The van der Waals surface area contributed by atoms with Crippen LogP contribution in [0.25, 0.3) is 10.8 Å². The van der Waals surface area contributed by atoms with E-state index in [2.05, 4.69) is 16.8 Å². The molecular formula is C15H22ClN3OS. The Bertz CT molecular complexity index is 567. The minimum atomic E-state index is 0. The standard InChI is InChI=1S/C15H21N3OS.ClH/c1-10(16)12-5-6-18(8-12)9-13-11(2)19-15(17-13)14-4-3-7-20-14;/h3-4,7,10,12H,5-6,8-9,16H2,1-2H3;1H. The number of aromatic nitrogens is 1. The van der Waals surface area contributed by atoms with Gasteiger partial charge in [-0.25, -0.2) is 4.98 Å². The van der Waals surface area contributed by atoms with Crippen molar-refractivity contribution in [3.63, 3.8) is 0 Å². The summed E-state index contributed by atoms with van der Waals surface area (Å²) < 4.78 is 5.79. The van der Waals surface area contributed by atoms with E-state index in [0.717, 1.165) is 41.9 Å². The molecule has 2 unspecified atom stereocenters. The number of hydrogen-bond donors (Lipinski definition) is 1. The Morgan fingerprint density at radius 3 is 3.00 bits per heavy atom. The largest absolute Gasteiger partial charge is 0.440 e. The zero-order valence-electron chi connectivity index (χ0n) is 12.4. The molecule has 0 aliphatic carbocycles. The molecule has 2 aromatic heterocycles. The highest BCUT2D eigenvalue weighted by molar-refractivity contribution is 7.13. The molecule has 0 radical (unpaired) electrons. The number of oxazole rings is 1. The molecule has 21 heavy (non-hydrogen) atoms. The van der Waals surface area contributed by atoms with Gasteiger partial charge >= 0.3 is 0 Å². The van der Waals surface area contributed by atoms with Crippen LogP contribution in [0, 0.1) is 12.8 Å². The molecule has 2 aromatic rings. The predicted octanol–water partition coefficient (Wildman–Crippen LogP) is 3.30. The zero-order chi connectivity index (χ0) is 14.1. The first-order valence-electron chi connectivity index (χ1n) is 7.11. The van der Waals surface area contributed by atoms with Crippen LogP contribution in [-0.2, 0) is 6.54 Å². The molecule has 6 heteroatoms. The molecule has 1 aliphatic rings. The van der Waals surface area contributed by atoms with Crippen LogP contribution in [0.3, 0.4) is 0 Å². The van der Waals surface area contributed by atoms with Crippen LogP contribution in [0.4, 0.5) is 0 Å². The lowest BCUT2D eigenvalue weighted by molar-refractivity contribution is 0.303. The van der Waals surface area contributed by atoms with E-state index in [9.17, 15) is 0 Å². The molecular weight excluding hydrogens is 306 g/mol. The Kier molecular flexibility index (Phi) is 5.43. The summed E-state index contributed by atoms with van der Waals surface area (Å²) in [5.74, 6) is 2.28. The third kappa shape index (κ3) is 3.66. The number of halogens is 1. The minimum absolute atomic E-state index is 0. The summed E-state index contributed by atoms with van der Waals surface area (Å²) >= 11 is 1.66. The lowest BCUT2D eigenvalue weighted by Crippen LogP contribution is -2.29. The van der Waals surface area contributed by atoms with E-state index in [1.54, 1.807) is 11.3 Å². The fourth-order valence-corrected chi connectivity index (χ4v) is 3.38. The summed E-state index contributed by atoms with van der Waals surface area (Å²) in [6.45, 7) is 7.14. The van der Waals surface area contributed by atoms with Gasteiger partial charge in [0.1, 0.15) is 5.76 Å². The summed E-state index contributed by atoms with van der Waals surface area (Å²) in [5.41, 5.74) is 7.05. The second kappa shape index (κ2) is 6.92. The van der Waals surface area contributed by atoms with Crippen LogP contribution < -0.4 is 5.73 Å². The van der Waals surface area contributed by atoms with E-state index >= 15 is 0 Å². The maximum atomic E-state index is 5.99. The molecule has 1 fully saturated rings. The van der Waals surface area contributed by atoms with Crippen LogP contribution in [0.2, 0.25) is 0 Å². The molecule has 3 rings (SSSR count). The summed E-state index contributed by atoms with van der Waals surface area (Å²) in [7, 11) is 0. The van der Waals surface area contributed by atoms with E-state index in [0.29, 0.717) is 5.92 Å². The summed E-state index contributed by atoms with van der Waals surface area (Å²) in [6, 6.07) is 4.34. The first-order valence-corrected chi connectivity index (χ1v) is 7.99. The quantitative estimate of drug-likeness (QED) is 0.936. The van der Waals surface area contributed by atoms with Gasteiger partial charge in [0, 0.05) is 19.1 Å². The van der Waals surface area contributed by atoms with Crippen molar-refractivity contribution in [1.29, 1.82) is 0 Å². The van der Waals surface area contributed by atoms with Crippen LogP contribution in [0.1, 0.15) is 24.8 Å². The van der Waals surface area contributed by atoms with Gasteiger partial charge in [-0.2, -0.15) is 0 Å². The Morgan fingerprint density at radius 1 is 1.57 bits per heavy atom. The van der Waals surface area contributed by atoms with Gasteiger partial charge in [-0.3, -0.25) is 4.90 Å². The molecule has 0 aromatic carbocycles. The monoisotopic (exact) mass is 327 g/mol. The van der Waals surface area contributed by atoms with Crippen molar-refractivity contribution < 1.29 is 4.42 Å². The van der Waals surface area contributed by atoms with E-state index in [1.165, 1.54) is 6.42 Å². The number of thiophene rings is 1. The smallest absolute Gasteiger partial charge is 0.236 e. The first kappa shape index (κ1) is 16.5. The average Bonchev–Trinajstić information content (AvgIpc) is 3.11. The van der Waals surface area contributed by atoms with Gasteiger partial charge < -0.3 is 10.2 Å². The molecule has 0 bridgehead atoms. The summed E-state index contributed by atoms with van der Waals surface area (Å²) in [5, 5.41) is 2.04. The SMILES string of the molecule is Cc1oc(-c2cccs2)nc1CN1CCC(C(C)N)C1.Cl. The Labute approximate surface area is 135 Å². The average molecular weight is 328 g/mol. The van der Waals surface area contributed by atoms with Gasteiger partial charge in [-0.05, 0) is 44.2 Å². The number of hydrogen-bond acceptors (Lipinski definition) is 5. The van der Waals surface area contributed by atoms with Crippen LogP contribution in [-0.4, -0.2) is 29.0 Å². The van der Waals surface area contributed by atoms with Crippen LogP contribution in [0.15, 0.2) is 21.9 Å². The third-order valence-electron chi connectivity index (χ3n) is 4.05. The lowest BCUT2D eigenvalue weighted by Gasteiger charge is -2.16. The van der Waals surface area contributed by atoms with E-state index in [1.807, 2.05) is 24.4 Å². The maximum Gasteiger partial charge on any atom is 0.236 e. The Balaban J connectivity index is 0.00000161. The van der Waals surface area contributed by atoms with Gasteiger partial charge in [-0.15, -0.1) is 23.7 Å². The molecule has 2 N–H and O–H groups in total. The molecule has 0 saturated carbocycles. The van der Waals surface area contributed by atoms with Crippen molar-refractivity contribution in [3.8, 4) is 10.8 Å². The fraction of sp³-hybridized carbons (Fsp3) is 0.533. The second-order valence-corrected chi connectivity index (χ2v) is 6.59. The Morgan fingerprint density at radius 2 is 2.38 bits per heavy atom. The highest BCUT2D eigenvalue weighted by Crippen LogP contribution is 2.27. The zero-order valence-corrected chi connectivity index (χ0v) is 14.0. The van der Waals surface area contributed by atoms with Crippen molar-refractivity contribution in [2.24, 2.45) is 11.7 Å². The molecule has 2 atom stereocenters. The van der Waals surface area contributed by atoms with Crippen molar-refractivity contribution in [2.75, 3.05) is 13.1 Å². The number of likely N-dealkylation sites (tertiary alicyclic amines) is 1. The normalized spacial score (nSPS) is 20.4. The van der Waals surface area contributed by atoms with Gasteiger partial charge in [0.05, 0.1) is 10.6 Å². The molecule has 1 aliphatic heterocycles. The Hall–Kier alpha value is -0.880. The number of nitrogens with zero attached hydrogens (tertiary/aromatic N) is 2. The molecule has 0 amide bonds. The van der Waals surface area contributed by atoms with E-state index < -0.39 is 0 Å². The second-order valence-electron chi connectivity index (χ2n) is 5.64. The topological polar surface area (TPSA) is 55.3 Å². The molecule has 0 spiro atoms. The van der Waals surface area contributed by atoms with Crippen molar-refractivity contribution in [3.05, 3.63) is 29.0 Å². The molecule has 4 nitrogen and oxygen atoms in total.